The zero-order valence-corrected chi connectivity index (χ0v) is 15.5. The van der Waals surface area contributed by atoms with Gasteiger partial charge in [-0.2, -0.15) is 0 Å². The molecule has 0 spiro atoms. The first-order chi connectivity index (χ1) is 10.2. The van der Waals surface area contributed by atoms with Gasteiger partial charge in [0.25, 0.3) is 0 Å². The molecule has 2 fully saturated rings. The first-order valence-corrected chi connectivity index (χ1v) is 10.8. The molecule has 126 valence electrons. The molecular formula is C15H31ClO4Si. The normalized spacial score (nSPS) is 24.0. The molecule has 0 bridgehead atoms. The van der Waals surface area contributed by atoms with Crippen molar-refractivity contribution in [3.8, 4) is 0 Å². The lowest BCUT2D eigenvalue weighted by molar-refractivity contribution is 0.0712. The molecule has 0 radical (unpaired) electrons. The second-order valence-electron chi connectivity index (χ2n) is 5.27. The minimum Gasteiger partial charge on any atom is -0.374 e. The van der Waals surface area contributed by atoms with Crippen molar-refractivity contribution in [2.24, 2.45) is 0 Å². The monoisotopic (exact) mass is 338 g/mol. The standard InChI is InChI=1S/C9H21ClO3Si.C6H10O/c1-4-11-14(12-5-2,13-6-3)9-7-8-10;1-2-4-6-5(3-1)7-6/h4-9H2,1-3H3;5-6H,1-4H2. The average Bonchev–Trinajstić information content (AvgIpc) is 3.26. The highest BCUT2D eigenvalue weighted by molar-refractivity contribution is 6.60. The van der Waals surface area contributed by atoms with Gasteiger partial charge in [0.1, 0.15) is 0 Å². The van der Waals surface area contributed by atoms with Crippen LogP contribution in [0, 0.1) is 0 Å². The van der Waals surface area contributed by atoms with Gasteiger partial charge in [-0.3, -0.25) is 0 Å². The molecular weight excluding hydrogens is 308 g/mol. The number of epoxide rings is 1. The summed E-state index contributed by atoms with van der Waals surface area (Å²) in [5.74, 6) is 0.627. The van der Waals surface area contributed by atoms with Gasteiger partial charge >= 0.3 is 8.80 Å². The molecule has 4 nitrogen and oxygen atoms in total. The van der Waals surface area contributed by atoms with Gasteiger partial charge < -0.3 is 18.0 Å². The third kappa shape index (κ3) is 7.44. The number of halogens is 1. The number of hydrogen-bond donors (Lipinski definition) is 0. The summed E-state index contributed by atoms with van der Waals surface area (Å²) in [7, 11) is -2.40. The molecule has 0 aromatic rings. The lowest BCUT2D eigenvalue weighted by atomic mass is 10.0. The van der Waals surface area contributed by atoms with Crippen molar-refractivity contribution in [1.29, 1.82) is 0 Å². The Morgan fingerprint density at radius 1 is 0.952 bits per heavy atom. The average molecular weight is 339 g/mol. The quantitative estimate of drug-likeness (QED) is 0.362. The van der Waals surface area contributed by atoms with Crippen LogP contribution in [0.2, 0.25) is 6.04 Å². The molecule has 2 unspecified atom stereocenters. The molecule has 2 rings (SSSR count). The van der Waals surface area contributed by atoms with E-state index in [0.717, 1.165) is 12.5 Å². The van der Waals surface area contributed by atoms with Crippen molar-refractivity contribution in [2.45, 2.75) is 71.1 Å². The van der Waals surface area contributed by atoms with Crippen molar-refractivity contribution in [2.75, 3.05) is 25.7 Å². The molecule has 2 atom stereocenters. The Kier molecular flexibility index (Phi) is 10.1. The van der Waals surface area contributed by atoms with Crippen LogP contribution in [0.4, 0.5) is 0 Å². The number of hydrogen-bond acceptors (Lipinski definition) is 4. The lowest BCUT2D eigenvalue weighted by Crippen LogP contribution is -2.46. The van der Waals surface area contributed by atoms with E-state index in [-0.39, 0.29) is 0 Å². The van der Waals surface area contributed by atoms with E-state index in [2.05, 4.69) is 0 Å². The minimum atomic E-state index is -2.40. The molecule has 1 aliphatic carbocycles. The Bertz CT molecular complexity index is 241. The molecule has 1 aliphatic heterocycles. The van der Waals surface area contributed by atoms with E-state index in [1.807, 2.05) is 20.8 Å². The van der Waals surface area contributed by atoms with E-state index in [1.54, 1.807) is 0 Å². The van der Waals surface area contributed by atoms with E-state index in [0.29, 0.717) is 37.9 Å². The molecule has 0 aromatic carbocycles. The predicted molar refractivity (Wildman–Crippen MR) is 87.9 cm³/mol. The molecule has 1 heterocycles. The van der Waals surface area contributed by atoms with Crippen LogP contribution in [0.3, 0.4) is 0 Å². The maximum absolute atomic E-state index is 5.66. The van der Waals surface area contributed by atoms with Crippen molar-refractivity contribution in [1.82, 2.24) is 0 Å². The summed E-state index contributed by atoms with van der Waals surface area (Å²) in [5, 5.41) is 0. The molecule has 2 aliphatic rings. The van der Waals surface area contributed by atoms with E-state index in [4.69, 9.17) is 29.6 Å². The smallest absolute Gasteiger partial charge is 0.374 e. The maximum Gasteiger partial charge on any atom is 0.500 e. The third-order valence-corrected chi connectivity index (χ3v) is 7.04. The van der Waals surface area contributed by atoms with Crippen molar-refractivity contribution in [3.05, 3.63) is 0 Å². The van der Waals surface area contributed by atoms with Crippen LogP contribution in [0.15, 0.2) is 0 Å². The number of alkyl halides is 1. The zero-order chi connectivity index (χ0) is 15.6. The van der Waals surface area contributed by atoms with Crippen LogP contribution in [-0.4, -0.2) is 46.7 Å². The van der Waals surface area contributed by atoms with Crippen LogP contribution >= 0.6 is 11.6 Å². The topological polar surface area (TPSA) is 40.2 Å². The zero-order valence-electron chi connectivity index (χ0n) is 13.7. The van der Waals surface area contributed by atoms with Gasteiger partial charge in [0, 0.05) is 31.7 Å². The SMILES string of the molecule is C1CCC2OC2C1.CCO[Si](CCCCl)(OCC)OCC. The van der Waals surface area contributed by atoms with Crippen molar-refractivity contribution in [3.63, 3.8) is 0 Å². The predicted octanol–water partition coefficient (Wildman–Crippen LogP) is 3.99. The molecule has 1 saturated heterocycles. The van der Waals surface area contributed by atoms with E-state index < -0.39 is 8.80 Å². The Hall–Kier alpha value is 0.347. The molecule has 21 heavy (non-hydrogen) atoms. The van der Waals surface area contributed by atoms with Gasteiger partial charge in [-0.1, -0.05) is 12.8 Å². The first kappa shape index (κ1) is 19.4. The van der Waals surface area contributed by atoms with Crippen LogP contribution in [0.5, 0.6) is 0 Å². The number of ether oxygens (including phenoxy) is 1. The highest BCUT2D eigenvalue weighted by Crippen LogP contribution is 2.35. The Balaban J connectivity index is 0.000000255. The van der Waals surface area contributed by atoms with Crippen molar-refractivity contribution < 1.29 is 18.0 Å². The molecule has 0 aromatic heterocycles. The van der Waals surface area contributed by atoms with Gasteiger partial charge in [0.05, 0.1) is 12.2 Å². The highest BCUT2D eigenvalue weighted by atomic mass is 35.5. The summed E-state index contributed by atoms with van der Waals surface area (Å²) in [5.41, 5.74) is 0. The summed E-state index contributed by atoms with van der Waals surface area (Å²) >= 11 is 5.66. The second kappa shape index (κ2) is 11.0. The third-order valence-electron chi connectivity index (χ3n) is 3.62. The summed E-state index contributed by atoms with van der Waals surface area (Å²) < 4.78 is 22.2. The van der Waals surface area contributed by atoms with Gasteiger partial charge in [-0.05, 0) is 40.0 Å². The van der Waals surface area contributed by atoms with Gasteiger partial charge in [-0.25, -0.2) is 0 Å². The van der Waals surface area contributed by atoms with Gasteiger partial charge in [-0.15, -0.1) is 11.6 Å². The van der Waals surface area contributed by atoms with Crippen LogP contribution < -0.4 is 0 Å². The van der Waals surface area contributed by atoms with E-state index in [1.165, 1.54) is 25.7 Å². The minimum absolute atomic E-state index is 0.627. The summed E-state index contributed by atoms with van der Waals surface area (Å²) in [6.07, 6.45) is 7.77. The summed E-state index contributed by atoms with van der Waals surface area (Å²) in [6.45, 7) is 7.78. The highest BCUT2D eigenvalue weighted by Gasteiger charge is 2.40. The second-order valence-corrected chi connectivity index (χ2v) is 8.38. The van der Waals surface area contributed by atoms with Crippen LogP contribution in [0.25, 0.3) is 0 Å². The number of rotatable bonds is 9. The van der Waals surface area contributed by atoms with E-state index >= 15 is 0 Å². The summed E-state index contributed by atoms with van der Waals surface area (Å²) in [6, 6.07) is 0.812. The number of fused-ring (bicyclic) bond motifs is 1. The molecule has 6 heteroatoms. The Morgan fingerprint density at radius 3 is 1.76 bits per heavy atom. The van der Waals surface area contributed by atoms with Gasteiger partial charge in [0.2, 0.25) is 0 Å². The van der Waals surface area contributed by atoms with Crippen LogP contribution in [-0.2, 0) is 18.0 Å². The first-order valence-electron chi connectivity index (χ1n) is 8.34. The molecule has 0 amide bonds. The Labute approximate surface area is 135 Å². The fourth-order valence-electron chi connectivity index (χ4n) is 2.66. The molecule has 1 saturated carbocycles. The Morgan fingerprint density at radius 2 is 1.43 bits per heavy atom. The summed E-state index contributed by atoms with van der Waals surface area (Å²) in [4.78, 5) is 0. The fraction of sp³-hybridized carbons (Fsp3) is 1.00. The van der Waals surface area contributed by atoms with E-state index in [9.17, 15) is 0 Å². The van der Waals surface area contributed by atoms with Crippen LogP contribution in [0.1, 0.15) is 52.9 Å². The fourth-order valence-corrected chi connectivity index (χ4v) is 5.63. The molecule has 0 N–H and O–H groups in total. The van der Waals surface area contributed by atoms with Gasteiger partial charge in [0.15, 0.2) is 0 Å². The largest absolute Gasteiger partial charge is 0.500 e. The van der Waals surface area contributed by atoms with Crippen molar-refractivity contribution >= 4 is 20.4 Å². The maximum atomic E-state index is 5.66. The lowest BCUT2D eigenvalue weighted by Gasteiger charge is -2.28.